The quantitative estimate of drug-likeness (QED) is 0.431. The summed E-state index contributed by atoms with van der Waals surface area (Å²) in [5, 5.41) is 0. The minimum Gasteiger partial charge on any atom is -0.299 e. The number of rotatable bonds is 4. The Morgan fingerprint density at radius 2 is 1.30 bits per heavy atom. The molecular formula is C7H15AlO2. The van der Waals surface area contributed by atoms with Crippen LogP contribution in [0.3, 0.4) is 0 Å². The van der Waals surface area contributed by atoms with Gasteiger partial charge in [0.2, 0.25) is 0 Å². The number of carbonyl (C=O) groups excluding carboxylic acids is 2. The zero-order valence-electron chi connectivity index (χ0n) is 5.94. The minimum absolute atomic E-state index is 0. The van der Waals surface area contributed by atoms with E-state index in [1.54, 1.807) is 13.8 Å². The van der Waals surface area contributed by atoms with Crippen LogP contribution in [0.25, 0.3) is 0 Å². The second-order valence-corrected chi connectivity index (χ2v) is 1.96. The summed E-state index contributed by atoms with van der Waals surface area (Å²) in [7, 11) is 0. The van der Waals surface area contributed by atoms with Gasteiger partial charge in [-0.25, -0.2) is 0 Å². The van der Waals surface area contributed by atoms with E-state index in [0.717, 1.165) is 0 Å². The molecule has 0 saturated heterocycles. The van der Waals surface area contributed by atoms with Gasteiger partial charge < -0.3 is 0 Å². The molecule has 0 aliphatic carbocycles. The molecule has 3 heteroatoms. The highest BCUT2D eigenvalue weighted by molar-refractivity contribution is 5.98. The lowest BCUT2D eigenvalue weighted by Crippen LogP contribution is -2.04. The SMILES string of the molecule is CCC(=O)CC(=O)CC.[AlH3]. The van der Waals surface area contributed by atoms with Crippen LogP contribution in [-0.4, -0.2) is 28.9 Å². The summed E-state index contributed by atoms with van der Waals surface area (Å²) in [6, 6.07) is 0. The molecule has 0 amide bonds. The summed E-state index contributed by atoms with van der Waals surface area (Å²) in [5.41, 5.74) is 0. The molecule has 0 unspecified atom stereocenters. The Bertz CT molecular complexity index is 107. The molecule has 0 aliphatic rings. The second kappa shape index (κ2) is 6.99. The molecule has 0 aromatic carbocycles. The van der Waals surface area contributed by atoms with Crippen molar-refractivity contribution < 1.29 is 9.59 Å². The van der Waals surface area contributed by atoms with Crippen molar-refractivity contribution >= 4 is 28.9 Å². The molecule has 0 N–H and O–H groups in total. The molecule has 2 nitrogen and oxygen atoms in total. The molecule has 0 radical (unpaired) electrons. The highest BCUT2D eigenvalue weighted by Gasteiger charge is 2.03. The molecule has 0 rings (SSSR count). The van der Waals surface area contributed by atoms with Crippen LogP contribution in [0, 0.1) is 0 Å². The van der Waals surface area contributed by atoms with Crippen LogP contribution in [0.1, 0.15) is 33.1 Å². The summed E-state index contributed by atoms with van der Waals surface area (Å²) in [5.74, 6) is 0.0868. The Balaban J connectivity index is 0. The van der Waals surface area contributed by atoms with Crippen LogP contribution in [0.2, 0.25) is 0 Å². The smallest absolute Gasteiger partial charge is 0.187 e. The summed E-state index contributed by atoms with van der Waals surface area (Å²) >= 11 is 0. The maximum atomic E-state index is 10.6. The highest BCUT2D eigenvalue weighted by Crippen LogP contribution is 1.92. The van der Waals surface area contributed by atoms with Crippen molar-refractivity contribution in [2.45, 2.75) is 33.1 Å². The molecule has 58 valence electrons. The van der Waals surface area contributed by atoms with Crippen LogP contribution < -0.4 is 0 Å². The number of carbonyl (C=O) groups is 2. The second-order valence-electron chi connectivity index (χ2n) is 1.96. The van der Waals surface area contributed by atoms with E-state index in [9.17, 15) is 9.59 Å². The van der Waals surface area contributed by atoms with E-state index < -0.39 is 0 Å². The number of ketones is 2. The van der Waals surface area contributed by atoms with E-state index in [0.29, 0.717) is 12.8 Å². The van der Waals surface area contributed by atoms with Gasteiger partial charge in [0.25, 0.3) is 0 Å². The number of hydrogen-bond donors (Lipinski definition) is 0. The van der Waals surface area contributed by atoms with Gasteiger partial charge in [0, 0.05) is 12.8 Å². The molecule has 0 atom stereocenters. The van der Waals surface area contributed by atoms with Crippen molar-refractivity contribution in [3.8, 4) is 0 Å². The van der Waals surface area contributed by atoms with E-state index in [4.69, 9.17) is 0 Å². The van der Waals surface area contributed by atoms with Gasteiger partial charge in [-0.3, -0.25) is 9.59 Å². The molecule has 0 bridgehead atoms. The van der Waals surface area contributed by atoms with Gasteiger partial charge in [-0.15, -0.1) is 0 Å². The van der Waals surface area contributed by atoms with Gasteiger partial charge in [0.15, 0.2) is 17.4 Å². The Labute approximate surface area is 72.1 Å². The average molecular weight is 158 g/mol. The molecule has 0 heterocycles. The largest absolute Gasteiger partial charge is 0.299 e. The fraction of sp³-hybridized carbons (Fsp3) is 0.714. The van der Waals surface area contributed by atoms with Gasteiger partial charge in [-0.05, 0) is 0 Å². The summed E-state index contributed by atoms with van der Waals surface area (Å²) in [6.45, 7) is 3.54. The topological polar surface area (TPSA) is 34.1 Å². The van der Waals surface area contributed by atoms with Crippen molar-refractivity contribution in [2.75, 3.05) is 0 Å². The van der Waals surface area contributed by atoms with E-state index in [1.165, 1.54) is 0 Å². The Hall–Kier alpha value is -0.128. The predicted molar refractivity (Wildman–Crippen MR) is 45.2 cm³/mol. The van der Waals surface area contributed by atoms with Gasteiger partial charge in [-0.1, -0.05) is 13.8 Å². The first-order chi connectivity index (χ1) is 4.20. The van der Waals surface area contributed by atoms with Crippen molar-refractivity contribution in [1.82, 2.24) is 0 Å². The number of hydrogen-bond acceptors (Lipinski definition) is 2. The first kappa shape index (κ1) is 12.5. The Morgan fingerprint density at radius 3 is 1.50 bits per heavy atom. The van der Waals surface area contributed by atoms with Gasteiger partial charge in [0.05, 0.1) is 6.42 Å². The summed E-state index contributed by atoms with van der Waals surface area (Å²) in [4.78, 5) is 21.1. The lowest BCUT2D eigenvalue weighted by molar-refractivity contribution is -0.126. The van der Waals surface area contributed by atoms with Crippen molar-refractivity contribution in [2.24, 2.45) is 0 Å². The van der Waals surface area contributed by atoms with Crippen molar-refractivity contribution in [1.29, 1.82) is 0 Å². The first-order valence-corrected chi connectivity index (χ1v) is 3.24. The maximum Gasteiger partial charge on any atom is 0.187 e. The summed E-state index contributed by atoms with van der Waals surface area (Å²) in [6.07, 6.45) is 1.09. The Kier molecular flexibility index (Phi) is 8.76. The molecule has 10 heavy (non-hydrogen) atoms. The van der Waals surface area contributed by atoms with Crippen LogP contribution in [-0.2, 0) is 9.59 Å². The third-order valence-corrected chi connectivity index (χ3v) is 1.18. The van der Waals surface area contributed by atoms with Crippen LogP contribution in [0.4, 0.5) is 0 Å². The van der Waals surface area contributed by atoms with Gasteiger partial charge in [-0.2, -0.15) is 0 Å². The molecule has 0 aromatic rings. The average Bonchev–Trinajstić information content (AvgIpc) is 1.87. The van der Waals surface area contributed by atoms with Crippen molar-refractivity contribution in [3.63, 3.8) is 0 Å². The normalized spacial score (nSPS) is 8.20. The molecular weight excluding hydrogens is 143 g/mol. The molecule has 0 spiro atoms. The van der Waals surface area contributed by atoms with E-state index in [-0.39, 0.29) is 35.3 Å². The fourth-order valence-electron chi connectivity index (χ4n) is 0.470. The van der Waals surface area contributed by atoms with Gasteiger partial charge in [0.1, 0.15) is 11.6 Å². The van der Waals surface area contributed by atoms with Crippen molar-refractivity contribution in [3.05, 3.63) is 0 Å². The third kappa shape index (κ3) is 6.00. The predicted octanol–water partition coefficient (Wildman–Crippen LogP) is 0.151. The summed E-state index contributed by atoms with van der Waals surface area (Å²) < 4.78 is 0. The lowest BCUT2D eigenvalue weighted by atomic mass is 10.1. The monoisotopic (exact) mass is 158 g/mol. The maximum absolute atomic E-state index is 10.6. The molecule has 0 aromatic heterocycles. The van der Waals surface area contributed by atoms with Gasteiger partial charge >= 0.3 is 0 Å². The first-order valence-electron chi connectivity index (χ1n) is 3.24. The third-order valence-electron chi connectivity index (χ3n) is 1.18. The van der Waals surface area contributed by atoms with E-state index >= 15 is 0 Å². The molecule has 0 fully saturated rings. The zero-order valence-corrected chi connectivity index (χ0v) is 5.94. The zero-order chi connectivity index (χ0) is 7.28. The Morgan fingerprint density at radius 1 is 1.00 bits per heavy atom. The standard InChI is InChI=1S/C7H12O2.Al.3H/c1-3-6(8)5-7(9)4-2;;;;/h3-5H2,1-2H3;;;;. The lowest BCUT2D eigenvalue weighted by Gasteiger charge is -1.91. The van der Waals surface area contributed by atoms with Crippen LogP contribution >= 0.6 is 0 Å². The van der Waals surface area contributed by atoms with E-state index in [2.05, 4.69) is 0 Å². The number of Topliss-reactive ketones (excluding diaryl/α,β-unsaturated/α-hetero) is 2. The van der Waals surface area contributed by atoms with E-state index in [1.807, 2.05) is 0 Å². The highest BCUT2D eigenvalue weighted by atomic mass is 27.0. The minimum atomic E-state index is 0. The fourth-order valence-corrected chi connectivity index (χ4v) is 0.470. The van der Waals surface area contributed by atoms with Crippen LogP contribution in [0.5, 0.6) is 0 Å². The molecule has 0 saturated carbocycles. The molecule has 0 aliphatic heterocycles. The van der Waals surface area contributed by atoms with Crippen LogP contribution in [0.15, 0.2) is 0 Å².